The molecule has 3 N–H and O–H groups in total. The zero-order chi connectivity index (χ0) is 41.1. The van der Waals surface area contributed by atoms with Crippen LogP contribution in [-0.4, -0.2) is 99.4 Å². The summed E-state index contributed by atoms with van der Waals surface area (Å²) >= 11 is 0. The number of carbonyl (C=O) groups is 3. The molecular weight excluding hydrogens is 738 g/mol. The van der Waals surface area contributed by atoms with Crippen LogP contribution < -0.4 is 11.1 Å². The maximum Gasteiger partial charge on any atom is 0.417 e. The van der Waals surface area contributed by atoms with Crippen LogP contribution in [0.25, 0.3) is 0 Å². The molecule has 1 unspecified atom stereocenters. The molecule has 0 radical (unpaired) electrons. The van der Waals surface area contributed by atoms with Crippen molar-refractivity contribution in [3.8, 4) is 11.8 Å². The van der Waals surface area contributed by atoms with E-state index in [-0.39, 0.29) is 43.1 Å². The van der Waals surface area contributed by atoms with Gasteiger partial charge in [0.1, 0.15) is 5.60 Å². The average molecular weight is 787 g/mol. The van der Waals surface area contributed by atoms with Crippen molar-refractivity contribution >= 4 is 29.5 Å². The van der Waals surface area contributed by atoms with Crippen molar-refractivity contribution in [2.75, 3.05) is 57.4 Å². The minimum Gasteiger partial charge on any atom is -0.443 e. The molecule has 12 nitrogen and oxygen atoms in total. The molecule has 57 heavy (non-hydrogen) atoms. The summed E-state index contributed by atoms with van der Waals surface area (Å²) in [6.07, 6.45) is -2.05. The number of ether oxygens (including phenoxy) is 1. The lowest BCUT2D eigenvalue weighted by Crippen LogP contribution is -2.46. The number of rotatable bonds is 8. The number of carbonyl (C=O) groups excluding carboxylic acids is 3. The number of alkyl halides is 3. The Hall–Kier alpha value is -5.46. The molecule has 0 bridgehead atoms. The third-order valence-electron chi connectivity index (χ3n) is 10.2. The molecule has 6 rings (SSSR count). The van der Waals surface area contributed by atoms with E-state index in [2.05, 4.69) is 38.9 Å². The zero-order valence-electron chi connectivity index (χ0n) is 33.0. The van der Waals surface area contributed by atoms with Crippen LogP contribution in [0, 0.1) is 11.8 Å². The lowest BCUT2D eigenvalue weighted by molar-refractivity contribution is -0.138. The third kappa shape index (κ3) is 10.1. The topological polar surface area (TPSA) is 137 Å². The number of imide groups is 1. The number of amides is 3. The summed E-state index contributed by atoms with van der Waals surface area (Å²) in [6.45, 7) is 11.8. The van der Waals surface area contributed by atoms with Crippen molar-refractivity contribution in [3.63, 3.8) is 0 Å². The number of anilines is 2. The maximum atomic E-state index is 14.2. The minimum absolute atomic E-state index is 0.0430. The fourth-order valence-corrected chi connectivity index (χ4v) is 7.47. The lowest BCUT2D eigenvalue weighted by Gasteiger charge is -2.35. The van der Waals surface area contributed by atoms with Gasteiger partial charge >= 0.3 is 12.3 Å². The minimum atomic E-state index is -4.58. The maximum absolute atomic E-state index is 14.2. The molecule has 3 aromatic rings. The van der Waals surface area contributed by atoms with E-state index in [0.29, 0.717) is 47.5 Å². The number of aromatic nitrogens is 2. The van der Waals surface area contributed by atoms with Gasteiger partial charge in [-0.05, 0) is 69.1 Å². The van der Waals surface area contributed by atoms with E-state index >= 15 is 0 Å². The molecule has 3 amide bonds. The highest BCUT2D eigenvalue weighted by atomic mass is 19.4. The predicted molar refractivity (Wildman–Crippen MR) is 209 cm³/mol. The molecule has 4 heterocycles. The van der Waals surface area contributed by atoms with Gasteiger partial charge in [-0.25, -0.2) is 19.7 Å². The van der Waals surface area contributed by atoms with Crippen LogP contribution in [0.5, 0.6) is 0 Å². The second kappa shape index (κ2) is 17.0. The van der Waals surface area contributed by atoms with Crippen LogP contribution in [0.2, 0.25) is 0 Å². The van der Waals surface area contributed by atoms with E-state index in [0.717, 1.165) is 42.7 Å². The van der Waals surface area contributed by atoms with Crippen molar-refractivity contribution in [1.29, 1.82) is 0 Å². The summed E-state index contributed by atoms with van der Waals surface area (Å²) in [4.78, 5) is 55.5. The van der Waals surface area contributed by atoms with Gasteiger partial charge in [0.05, 0.1) is 29.3 Å². The normalized spacial score (nSPS) is 18.0. The number of benzene rings is 2. The van der Waals surface area contributed by atoms with Crippen LogP contribution in [0.3, 0.4) is 0 Å². The first-order valence-electron chi connectivity index (χ1n) is 19.2. The second-order valence-corrected chi connectivity index (χ2v) is 15.6. The van der Waals surface area contributed by atoms with Crippen LogP contribution in [0.15, 0.2) is 59.9 Å². The fraction of sp³-hybridized carbons (Fsp3) is 0.452. The highest BCUT2D eigenvalue weighted by Crippen LogP contribution is 2.42. The fourth-order valence-electron chi connectivity index (χ4n) is 7.47. The van der Waals surface area contributed by atoms with Gasteiger partial charge in [0.2, 0.25) is 11.9 Å². The van der Waals surface area contributed by atoms with Gasteiger partial charge in [0.15, 0.2) is 0 Å². The van der Waals surface area contributed by atoms with E-state index in [1.54, 1.807) is 45.0 Å². The molecule has 1 aromatic heterocycles. The van der Waals surface area contributed by atoms with E-state index in [1.165, 1.54) is 18.3 Å². The standard InChI is InChI=1S/C42H49F3N8O4/c1-6-15-51-17-19-52(20-18-51)26-30-12-13-31(23-33(30)42(43,44)45)48-36(54)22-28-9-7-8-27(21-28)10-11-29-25-47-39(46)49-37(29)35-24-32-34(50(35)5)14-16-53(38(32)55)40(56)57-41(2,3)4/h7-9,12-13,21,23,25,35H,6,14-20,22,24,26H2,1-5H3,(H,48,54)(H2,46,47,49). The molecule has 15 heteroatoms. The van der Waals surface area contributed by atoms with E-state index in [9.17, 15) is 27.6 Å². The second-order valence-electron chi connectivity index (χ2n) is 15.6. The Kier molecular flexibility index (Phi) is 12.2. The number of nitrogen functional groups attached to an aromatic ring is 1. The summed E-state index contributed by atoms with van der Waals surface area (Å²) in [6, 6.07) is 10.6. The molecule has 0 saturated carbocycles. The van der Waals surface area contributed by atoms with E-state index < -0.39 is 41.3 Å². The molecule has 3 aliphatic rings. The Balaban J connectivity index is 1.12. The van der Waals surface area contributed by atoms with Gasteiger partial charge in [0.25, 0.3) is 5.91 Å². The predicted octanol–water partition coefficient (Wildman–Crippen LogP) is 5.98. The molecule has 302 valence electrons. The molecule has 1 saturated heterocycles. The molecule has 0 spiro atoms. The Labute approximate surface area is 331 Å². The van der Waals surface area contributed by atoms with Gasteiger partial charge in [-0.2, -0.15) is 13.2 Å². The van der Waals surface area contributed by atoms with Crippen LogP contribution in [0.1, 0.15) is 86.5 Å². The zero-order valence-corrected chi connectivity index (χ0v) is 33.0. The first-order valence-corrected chi connectivity index (χ1v) is 19.2. The average Bonchev–Trinajstić information content (AvgIpc) is 3.48. The first-order chi connectivity index (χ1) is 27.0. The van der Waals surface area contributed by atoms with Crippen molar-refractivity contribution in [2.45, 2.75) is 77.7 Å². The molecule has 2 aromatic carbocycles. The smallest absolute Gasteiger partial charge is 0.417 e. The van der Waals surface area contributed by atoms with Gasteiger partial charge < -0.3 is 25.6 Å². The summed E-state index contributed by atoms with van der Waals surface area (Å²) in [5.41, 5.74) is 8.29. The SMILES string of the molecule is CCCN1CCN(Cc2ccc(NC(=O)Cc3cccc(C#Cc4cnc(N)nc4C4CC5=C(CCN(C(=O)OC(C)(C)C)C5=O)N4C)c3)cc2C(F)(F)F)CC1. The summed E-state index contributed by atoms with van der Waals surface area (Å²) in [7, 11) is 1.86. The quantitative estimate of drug-likeness (QED) is 0.263. The van der Waals surface area contributed by atoms with Crippen LogP contribution in [-0.2, 0) is 33.5 Å². The number of piperazine rings is 1. The summed E-state index contributed by atoms with van der Waals surface area (Å²) in [5, 5.41) is 2.64. The van der Waals surface area contributed by atoms with Crippen LogP contribution in [0.4, 0.5) is 29.6 Å². The van der Waals surface area contributed by atoms with Crippen molar-refractivity contribution in [1.82, 2.24) is 29.6 Å². The summed E-state index contributed by atoms with van der Waals surface area (Å²) < 4.78 is 48.0. The first kappa shape index (κ1) is 41.2. The number of nitrogens with zero attached hydrogens (tertiary/aromatic N) is 6. The van der Waals surface area contributed by atoms with E-state index in [1.807, 2.05) is 16.8 Å². The highest BCUT2D eigenvalue weighted by molar-refractivity contribution is 6.04. The van der Waals surface area contributed by atoms with Gasteiger partial charge in [0, 0.05) is 87.9 Å². The Morgan fingerprint density at radius 2 is 1.75 bits per heavy atom. The van der Waals surface area contributed by atoms with E-state index in [4.69, 9.17) is 10.5 Å². The lowest BCUT2D eigenvalue weighted by atomic mass is 10.0. The number of halogens is 3. The number of hydrogen-bond donors (Lipinski definition) is 2. The highest BCUT2D eigenvalue weighted by Gasteiger charge is 2.42. The van der Waals surface area contributed by atoms with Crippen molar-refractivity contribution < 1.29 is 32.3 Å². The van der Waals surface area contributed by atoms with Crippen molar-refractivity contribution in [3.05, 3.63) is 93.4 Å². The van der Waals surface area contributed by atoms with Crippen LogP contribution >= 0.6 is 0 Å². The van der Waals surface area contributed by atoms with Gasteiger partial charge in [-0.3, -0.25) is 14.5 Å². The molecule has 1 fully saturated rings. The molecule has 0 aliphatic carbocycles. The summed E-state index contributed by atoms with van der Waals surface area (Å²) in [5.74, 6) is 5.40. The number of hydrogen-bond acceptors (Lipinski definition) is 10. The Morgan fingerprint density at radius 1 is 1.02 bits per heavy atom. The monoisotopic (exact) mass is 786 g/mol. The number of nitrogens with two attached hydrogens (primary N) is 1. The molecule has 3 aliphatic heterocycles. The Morgan fingerprint density at radius 3 is 2.46 bits per heavy atom. The van der Waals surface area contributed by atoms with Gasteiger partial charge in [-0.1, -0.05) is 37.0 Å². The Bertz CT molecular complexity index is 2110. The van der Waals surface area contributed by atoms with Crippen molar-refractivity contribution in [2.24, 2.45) is 0 Å². The molecule has 1 atom stereocenters. The largest absolute Gasteiger partial charge is 0.443 e. The van der Waals surface area contributed by atoms with Gasteiger partial charge in [-0.15, -0.1) is 0 Å². The molecular formula is C42H49F3N8O4. The third-order valence-corrected chi connectivity index (χ3v) is 10.2. The number of nitrogens with one attached hydrogen (secondary N) is 1.